The summed E-state index contributed by atoms with van der Waals surface area (Å²) >= 11 is 14.0. The lowest BCUT2D eigenvalue weighted by molar-refractivity contribution is -0.137. The second kappa shape index (κ2) is 22.1. The molecule has 2 aliphatic rings. The van der Waals surface area contributed by atoms with Crippen LogP contribution < -0.4 is 38.8 Å². The predicted molar refractivity (Wildman–Crippen MR) is 281 cm³/mol. The van der Waals surface area contributed by atoms with Gasteiger partial charge in [-0.05, 0) is 107 Å². The van der Waals surface area contributed by atoms with E-state index in [1.165, 1.54) is 19.1 Å². The molecule has 9 rings (SSSR count). The average molecular weight is 1070 g/mol. The molecular weight excluding hydrogens is 1020 g/mol. The third-order valence-electron chi connectivity index (χ3n) is 13.1. The number of hydrogen-bond donors (Lipinski definition) is 1. The second-order valence-corrected chi connectivity index (χ2v) is 18.6. The highest BCUT2D eigenvalue weighted by atomic mass is 35.5. The molecule has 0 fully saturated rings. The highest BCUT2D eigenvalue weighted by Crippen LogP contribution is 2.51. The molecule has 388 valence electrons. The van der Waals surface area contributed by atoms with E-state index in [1.807, 2.05) is 77.7 Å². The lowest BCUT2D eigenvalue weighted by Gasteiger charge is -2.31. The summed E-state index contributed by atoms with van der Waals surface area (Å²) in [4.78, 5) is 22.5. The summed E-state index contributed by atoms with van der Waals surface area (Å²) in [7, 11) is 6.25. The zero-order valence-electron chi connectivity index (χ0n) is 41.5. The molecule has 19 heteroatoms. The van der Waals surface area contributed by atoms with Gasteiger partial charge in [0.15, 0.2) is 11.6 Å². The molecule has 4 heterocycles. The van der Waals surface area contributed by atoms with Crippen LogP contribution in [0.4, 0.5) is 39.3 Å². The largest absolute Gasteiger partial charge is 0.497 e. The topological polar surface area (TPSA) is 115 Å². The molecule has 2 atom stereocenters. The molecule has 2 aliphatic heterocycles. The van der Waals surface area contributed by atoms with Crippen molar-refractivity contribution in [3.8, 4) is 40.0 Å². The van der Waals surface area contributed by atoms with Gasteiger partial charge in [0.25, 0.3) is 5.36 Å². The van der Waals surface area contributed by atoms with Crippen molar-refractivity contribution in [1.82, 2.24) is 9.97 Å². The van der Waals surface area contributed by atoms with E-state index >= 15 is 22.0 Å². The Bertz CT molecular complexity index is 3170. The van der Waals surface area contributed by atoms with Gasteiger partial charge >= 0.3 is 6.18 Å². The Balaban J connectivity index is 1.15. The number of nitrogens with one attached hydrogen (secondary N) is 1. The molecule has 0 bridgehead atoms. The molecule has 1 N–H and O–H groups in total. The minimum absolute atomic E-state index is 0.0105. The molecule has 0 saturated heterocycles. The first-order chi connectivity index (χ1) is 36.1. The van der Waals surface area contributed by atoms with Gasteiger partial charge in [-0.25, -0.2) is 23.7 Å². The summed E-state index contributed by atoms with van der Waals surface area (Å²) in [5.41, 5.74) is 0.957. The Hall–Kier alpha value is -7.63. The Labute approximate surface area is 440 Å². The minimum atomic E-state index is -5.03. The molecule has 0 saturated carbocycles. The molecule has 5 aromatic carbocycles. The van der Waals surface area contributed by atoms with Crippen LogP contribution in [0.2, 0.25) is 5.02 Å². The number of pyridine rings is 2. The zero-order chi connectivity index (χ0) is 53.1. The molecule has 0 amide bonds. The fourth-order valence-corrected chi connectivity index (χ4v) is 9.85. The second-order valence-electron chi connectivity index (χ2n) is 17.9. The fraction of sp³-hybridized carbons (Fsp3) is 0.250. The maximum absolute atomic E-state index is 17.9. The van der Waals surface area contributed by atoms with Gasteiger partial charge in [0.2, 0.25) is 0 Å². The minimum Gasteiger partial charge on any atom is -0.497 e. The van der Waals surface area contributed by atoms with Crippen molar-refractivity contribution in [3.63, 3.8) is 0 Å². The van der Waals surface area contributed by atoms with Crippen LogP contribution in [0.3, 0.4) is 0 Å². The average Bonchev–Trinajstić information content (AvgIpc) is 3.56. The van der Waals surface area contributed by atoms with E-state index in [0.717, 1.165) is 28.5 Å². The lowest BCUT2D eigenvalue weighted by Crippen LogP contribution is -2.32. The predicted octanol–water partition coefficient (Wildman–Crippen LogP) is 13.2. The van der Waals surface area contributed by atoms with E-state index in [-0.39, 0.29) is 48.1 Å². The van der Waals surface area contributed by atoms with Crippen LogP contribution in [-0.2, 0) is 32.4 Å². The Morgan fingerprint density at radius 2 is 1.19 bits per heavy atom. The summed E-state index contributed by atoms with van der Waals surface area (Å²) in [6, 6.07) is 31.0. The number of hydrogen-bond acceptors (Lipinski definition) is 12. The highest BCUT2D eigenvalue weighted by molar-refractivity contribution is 6.63. The standard InChI is InChI=1S/C56H50Cl2F5N7O5/c1-31-23-43(69(26-33-7-15-38(71-3)16-8-33)27-34-9-17-39(72-4)18-10-34)67-50(46(31)56(61,62)63)44-47(57)51-45-52(66-30-65-51)49(68-55(58)75-53(45)48(44)60)32(2)42-24-37(59)25-64-54(42)70(28-35-11-19-40(73-5)20-12-35)29-36-13-21-41(74-6)22-14-36/h7-25,32,49,65H,26-30H2,1-6H3. The van der Waals surface area contributed by atoms with Gasteiger partial charge in [-0.15, -0.1) is 0 Å². The number of aryl methyl sites for hydroxylation is 1. The summed E-state index contributed by atoms with van der Waals surface area (Å²) in [5, 5.41) is 2.08. The molecule has 0 aliphatic carbocycles. The first kappa shape index (κ1) is 52.2. The first-order valence-electron chi connectivity index (χ1n) is 23.6. The van der Waals surface area contributed by atoms with Crippen LogP contribution in [0.1, 0.15) is 57.3 Å². The number of benzene rings is 5. The van der Waals surface area contributed by atoms with Gasteiger partial charge in [-0.2, -0.15) is 13.2 Å². The van der Waals surface area contributed by atoms with Crippen molar-refractivity contribution in [1.29, 1.82) is 0 Å². The summed E-state index contributed by atoms with van der Waals surface area (Å²) < 4.78 is 107. The number of alkyl halides is 3. The van der Waals surface area contributed by atoms with Crippen LogP contribution in [-0.4, -0.2) is 62.2 Å². The number of aliphatic imine (C=N–C) groups is 2. The highest BCUT2D eigenvalue weighted by Gasteiger charge is 2.43. The molecule has 0 radical (unpaired) electrons. The number of ether oxygens (including phenoxy) is 5. The Morgan fingerprint density at radius 1 is 0.707 bits per heavy atom. The van der Waals surface area contributed by atoms with Gasteiger partial charge in [-0.1, -0.05) is 67.1 Å². The van der Waals surface area contributed by atoms with Crippen LogP contribution in [0, 0.1) is 18.6 Å². The van der Waals surface area contributed by atoms with Crippen molar-refractivity contribution in [3.05, 3.63) is 177 Å². The normalized spacial score (nSPS) is 14.3. The van der Waals surface area contributed by atoms with Crippen LogP contribution >= 0.6 is 23.2 Å². The van der Waals surface area contributed by atoms with Crippen molar-refractivity contribution in [2.75, 3.05) is 50.2 Å². The van der Waals surface area contributed by atoms with Gasteiger partial charge in [0.05, 0.1) is 73.4 Å². The molecular formula is C56H50Cl2F5N7O5. The molecule has 0 spiro atoms. The number of nitrogens with zero attached hydrogens (tertiary/aromatic N) is 6. The van der Waals surface area contributed by atoms with Gasteiger partial charge in [0.1, 0.15) is 53.2 Å². The number of halogens is 7. The number of methoxy groups -OCH3 is 4. The molecule has 2 unspecified atom stereocenters. The van der Waals surface area contributed by atoms with Crippen LogP contribution in [0.5, 0.6) is 28.7 Å². The zero-order valence-corrected chi connectivity index (χ0v) is 43.0. The smallest absolute Gasteiger partial charge is 0.418 e. The summed E-state index contributed by atoms with van der Waals surface area (Å²) in [6.45, 7) is 3.91. The first-order valence-corrected chi connectivity index (χ1v) is 24.3. The Kier molecular flexibility index (Phi) is 15.4. The van der Waals surface area contributed by atoms with Gasteiger partial charge in [-0.3, -0.25) is 4.99 Å². The van der Waals surface area contributed by atoms with E-state index < -0.39 is 62.7 Å². The fourth-order valence-electron chi connectivity index (χ4n) is 9.34. The maximum atomic E-state index is 17.9. The van der Waals surface area contributed by atoms with Crippen molar-refractivity contribution < 1.29 is 45.6 Å². The molecule has 2 aromatic heterocycles. The van der Waals surface area contributed by atoms with Gasteiger partial charge < -0.3 is 38.8 Å². The monoisotopic (exact) mass is 1070 g/mol. The van der Waals surface area contributed by atoms with Gasteiger partial charge in [0, 0.05) is 37.7 Å². The lowest BCUT2D eigenvalue weighted by atomic mass is 9.85. The SMILES string of the molecule is COc1ccc(CN(Cc2ccc(OC)cc2)c2cc(C)c(C(F)(F)F)c(-c3c(F)c4c5c(c3Cl)NCN=C5C(C(C)c3cc(F)cnc3N(Cc3ccc(OC)cc3)Cc3ccc(OC)cc3)N=C(Cl)O4)n2)cc1. The van der Waals surface area contributed by atoms with E-state index in [1.54, 1.807) is 64.5 Å². The van der Waals surface area contributed by atoms with E-state index in [0.29, 0.717) is 47.5 Å². The van der Waals surface area contributed by atoms with E-state index in [4.69, 9.17) is 56.9 Å². The molecule has 7 aromatic rings. The third-order valence-corrected chi connectivity index (χ3v) is 13.7. The summed E-state index contributed by atoms with van der Waals surface area (Å²) in [5.74, 6) is -0.256. The molecule has 12 nitrogen and oxygen atoms in total. The number of aromatic nitrogens is 2. The number of rotatable bonds is 17. The van der Waals surface area contributed by atoms with Crippen molar-refractivity contribution in [2.45, 2.75) is 58.2 Å². The Morgan fingerprint density at radius 3 is 1.65 bits per heavy atom. The number of anilines is 3. The quantitative estimate of drug-likeness (QED) is 0.0884. The van der Waals surface area contributed by atoms with E-state index in [9.17, 15) is 0 Å². The molecule has 75 heavy (non-hydrogen) atoms. The third kappa shape index (κ3) is 11.1. The summed E-state index contributed by atoms with van der Waals surface area (Å²) in [6.07, 6.45) is -3.91. The van der Waals surface area contributed by atoms with Crippen molar-refractivity contribution in [2.24, 2.45) is 9.98 Å². The van der Waals surface area contributed by atoms with Crippen molar-refractivity contribution >= 4 is 51.6 Å². The van der Waals surface area contributed by atoms with Crippen LogP contribution in [0.15, 0.2) is 125 Å². The van der Waals surface area contributed by atoms with E-state index in [2.05, 4.69) is 15.3 Å². The maximum Gasteiger partial charge on any atom is 0.418 e. The van der Waals surface area contributed by atoms with Crippen LogP contribution in [0.25, 0.3) is 11.3 Å².